The largest absolute Gasteiger partial charge is 0.493 e. The molecule has 2 aromatic heterocycles. The highest BCUT2D eigenvalue weighted by Crippen LogP contribution is 2.39. The first-order valence-corrected chi connectivity index (χ1v) is 11.7. The van der Waals surface area contributed by atoms with Crippen LogP contribution in [0.1, 0.15) is 19.5 Å². The summed E-state index contributed by atoms with van der Waals surface area (Å²) in [5, 5.41) is 3.52. The second kappa shape index (κ2) is 10.2. The van der Waals surface area contributed by atoms with Gasteiger partial charge >= 0.3 is 0 Å². The van der Waals surface area contributed by atoms with Crippen molar-refractivity contribution in [3.8, 4) is 17.2 Å². The molecule has 1 N–H and O–H groups in total. The fourth-order valence-corrected chi connectivity index (χ4v) is 4.30. The maximum Gasteiger partial charge on any atom is 0.278 e. The summed E-state index contributed by atoms with van der Waals surface area (Å²) in [4.78, 5) is 31.0. The van der Waals surface area contributed by atoms with E-state index in [1.54, 1.807) is 21.3 Å². The Morgan fingerprint density at radius 2 is 1.73 bits per heavy atom. The molecule has 3 rings (SSSR count). The number of methoxy groups -OCH3 is 3. The normalized spacial score (nSPS) is 11.2. The number of amides is 1. The van der Waals surface area contributed by atoms with Gasteiger partial charge in [-0.3, -0.25) is 14.2 Å². The zero-order chi connectivity index (χ0) is 24.3. The van der Waals surface area contributed by atoms with Gasteiger partial charge in [0.05, 0.1) is 26.8 Å². The zero-order valence-corrected chi connectivity index (χ0v) is 20.8. The summed E-state index contributed by atoms with van der Waals surface area (Å²) in [6.07, 6.45) is 1.90. The summed E-state index contributed by atoms with van der Waals surface area (Å²) in [6, 6.07) is 5.15. The molecule has 0 spiro atoms. The molecule has 10 heteroatoms. The van der Waals surface area contributed by atoms with Crippen LogP contribution in [0.4, 0.5) is 5.69 Å². The topological polar surface area (TPSA) is 96.6 Å². The first kappa shape index (κ1) is 24.5. The fourth-order valence-electron chi connectivity index (χ4n) is 3.73. The molecule has 2 heterocycles. The van der Waals surface area contributed by atoms with Gasteiger partial charge in [-0.05, 0) is 25.2 Å². The number of nitrogens with zero attached hydrogens (tertiary/aromatic N) is 3. The number of aromatic nitrogens is 3. The number of carbonyl (C=O) groups is 1. The van der Waals surface area contributed by atoms with Crippen molar-refractivity contribution >= 4 is 34.4 Å². The SMILES string of the molecule is COc1cc(NC(=O)Cn2c(C)cc3nc(SC)n(CC(C)C)c(=O)c32)cc(OC)c1OC. The van der Waals surface area contributed by atoms with Crippen LogP contribution < -0.4 is 25.1 Å². The minimum atomic E-state index is -0.298. The highest BCUT2D eigenvalue weighted by molar-refractivity contribution is 7.98. The molecule has 0 radical (unpaired) electrons. The third kappa shape index (κ3) is 4.95. The summed E-state index contributed by atoms with van der Waals surface area (Å²) in [5.41, 5.74) is 2.13. The van der Waals surface area contributed by atoms with Crippen LogP contribution in [0.5, 0.6) is 17.2 Å². The van der Waals surface area contributed by atoms with Crippen LogP contribution in [0, 0.1) is 12.8 Å². The quantitative estimate of drug-likeness (QED) is 0.374. The third-order valence-electron chi connectivity index (χ3n) is 5.16. The molecule has 0 atom stereocenters. The molecular formula is C23H30N4O5S. The maximum atomic E-state index is 13.4. The van der Waals surface area contributed by atoms with Crippen molar-refractivity contribution in [2.75, 3.05) is 32.9 Å². The Kier molecular flexibility index (Phi) is 7.57. The molecule has 0 aliphatic heterocycles. The van der Waals surface area contributed by atoms with Gasteiger partial charge < -0.3 is 24.1 Å². The smallest absolute Gasteiger partial charge is 0.278 e. The van der Waals surface area contributed by atoms with E-state index >= 15 is 0 Å². The van der Waals surface area contributed by atoms with Crippen molar-refractivity contribution in [1.82, 2.24) is 14.1 Å². The Hall–Kier alpha value is -3.14. The van der Waals surface area contributed by atoms with E-state index in [0.717, 1.165) is 5.69 Å². The number of aryl methyl sites for hydroxylation is 1. The number of hydrogen-bond acceptors (Lipinski definition) is 7. The minimum Gasteiger partial charge on any atom is -0.493 e. The van der Waals surface area contributed by atoms with Gasteiger partial charge in [-0.25, -0.2) is 4.98 Å². The van der Waals surface area contributed by atoms with Gasteiger partial charge in [-0.2, -0.15) is 0 Å². The summed E-state index contributed by atoms with van der Waals surface area (Å²) >= 11 is 1.44. The van der Waals surface area contributed by atoms with Crippen LogP contribution >= 0.6 is 11.8 Å². The van der Waals surface area contributed by atoms with E-state index in [1.807, 2.05) is 19.2 Å². The van der Waals surface area contributed by atoms with Crippen LogP contribution in [0.2, 0.25) is 0 Å². The van der Waals surface area contributed by atoms with E-state index < -0.39 is 0 Å². The standard InChI is InChI=1S/C23H30N4O5S/c1-13(2)11-27-22(29)20-16(25-23(27)33-7)8-14(3)26(20)12-19(28)24-15-9-17(30-4)21(32-6)18(10-15)31-5/h8-10,13H,11-12H2,1-7H3,(H,24,28). The molecule has 9 nitrogen and oxygen atoms in total. The lowest BCUT2D eigenvalue weighted by Crippen LogP contribution is -2.28. The Morgan fingerprint density at radius 3 is 2.24 bits per heavy atom. The first-order valence-electron chi connectivity index (χ1n) is 10.5. The Bertz CT molecular complexity index is 1210. The molecule has 1 aromatic carbocycles. The molecule has 0 aliphatic carbocycles. The summed E-state index contributed by atoms with van der Waals surface area (Å²) in [6.45, 7) is 6.48. The number of carbonyl (C=O) groups excluding carboxylic acids is 1. The fraction of sp³-hybridized carbons (Fsp3) is 0.435. The average Bonchev–Trinajstić information content (AvgIpc) is 3.09. The van der Waals surface area contributed by atoms with Gasteiger partial charge in [-0.1, -0.05) is 25.6 Å². The van der Waals surface area contributed by atoms with E-state index in [0.29, 0.717) is 45.7 Å². The number of rotatable bonds is 9. The predicted molar refractivity (Wildman–Crippen MR) is 130 cm³/mol. The zero-order valence-electron chi connectivity index (χ0n) is 20.0. The number of fused-ring (bicyclic) bond motifs is 1. The molecule has 0 saturated carbocycles. The lowest BCUT2D eigenvalue weighted by Gasteiger charge is -2.16. The highest BCUT2D eigenvalue weighted by atomic mass is 32.2. The molecule has 0 fully saturated rings. The molecule has 0 bridgehead atoms. The Balaban J connectivity index is 1.97. The van der Waals surface area contributed by atoms with Crippen LogP contribution in [0.3, 0.4) is 0 Å². The van der Waals surface area contributed by atoms with Gasteiger partial charge in [0.15, 0.2) is 16.7 Å². The average molecular weight is 475 g/mol. The molecule has 0 aliphatic rings. The number of thioether (sulfide) groups is 1. The molecular weight excluding hydrogens is 444 g/mol. The van der Waals surface area contributed by atoms with E-state index in [9.17, 15) is 9.59 Å². The predicted octanol–water partition coefficient (Wildman–Crippen LogP) is 3.55. The van der Waals surface area contributed by atoms with E-state index in [-0.39, 0.29) is 23.9 Å². The van der Waals surface area contributed by atoms with Crippen molar-refractivity contribution in [3.05, 3.63) is 34.2 Å². The van der Waals surface area contributed by atoms with Gasteiger partial charge in [0.1, 0.15) is 12.1 Å². The second-order valence-electron chi connectivity index (χ2n) is 7.98. The number of anilines is 1. The van der Waals surface area contributed by atoms with Crippen molar-refractivity contribution < 1.29 is 19.0 Å². The minimum absolute atomic E-state index is 0.0385. The van der Waals surface area contributed by atoms with Crippen LogP contribution in [0.15, 0.2) is 28.2 Å². The van der Waals surface area contributed by atoms with Crippen molar-refractivity contribution in [3.63, 3.8) is 0 Å². The summed E-state index contributed by atoms with van der Waals surface area (Å²) in [7, 11) is 4.54. The molecule has 178 valence electrons. The van der Waals surface area contributed by atoms with Crippen LogP contribution in [0.25, 0.3) is 11.0 Å². The lowest BCUT2D eigenvalue weighted by atomic mass is 10.2. The van der Waals surface area contributed by atoms with Crippen LogP contribution in [-0.4, -0.2) is 47.6 Å². The third-order valence-corrected chi connectivity index (χ3v) is 5.84. The molecule has 0 unspecified atom stereocenters. The van der Waals surface area contributed by atoms with Crippen molar-refractivity contribution in [2.24, 2.45) is 5.92 Å². The number of ether oxygens (including phenoxy) is 3. The number of hydrogen-bond donors (Lipinski definition) is 1. The van der Waals surface area contributed by atoms with Gasteiger partial charge in [-0.15, -0.1) is 0 Å². The molecule has 1 amide bonds. The van der Waals surface area contributed by atoms with Crippen molar-refractivity contribution in [2.45, 2.75) is 39.0 Å². The van der Waals surface area contributed by atoms with Crippen LogP contribution in [-0.2, 0) is 17.9 Å². The van der Waals surface area contributed by atoms with Crippen molar-refractivity contribution in [1.29, 1.82) is 0 Å². The highest BCUT2D eigenvalue weighted by Gasteiger charge is 2.20. The van der Waals surface area contributed by atoms with E-state index in [2.05, 4.69) is 24.1 Å². The van der Waals surface area contributed by atoms with Gasteiger partial charge in [0.2, 0.25) is 11.7 Å². The lowest BCUT2D eigenvalue weighted by molar-refractivity contribution is -0.116. The summed E-state index contributed by atoms with van der Waals surface area (Å²) < 4.78 is 19.4. The summed E-state index contributed by atoms with van der Waals surface area (Å²) in [5.74, 6) is 1.28. The van der Waals surface area contributed by atoms with E-state index in [4.69, 9.17) is 14.2 Å². The number of benzene rings is 1. The van der Waals surface area contributed by atoms with Gasteiger partial charge in [0.25, 0.3) is 5.56 Å². The maximum absolute atomic E-state index is 13.4. The second-order valence-corrected chi connectivity index (χ2v) is 8.75. The Morgan fingerprint density at radius 1 is 1.09 bits per heavy atom. The molecule has 0 saturated heterocycles. The first-order chi connectivity index (χ1) is 15.7. The Labute approximate surface area is 197 Å². The molecule has 33 heavy (non-hydrogen) atoms. The van der Waals surface area contributed by atoms with Gasteiger partial charge in [0, 0.05) is 30.1 Å². The molecule has 3 aromatic rings. The monoisotopic (exact) mass is 474 g/mol. The van der Waals surface area contributed by atoms with E-state index in [1.165, 1.54) is 33.1 Å². The number of nitrogens with one attached hydrogen (secondary N) is 1.